The Bertz CT molecular complexity index is 458. The minimum absolute atomic E-state index is 0.569. The van der Waals surface area contributed by atoms with Gasteiger partial charge in [0.05, 0.1) is 12.3 Å². The molecule has 110 valence electrons. The Kier molecular flexibility index (Phi) is 5.41. The van der Waals surface area contributed by atoms with Crippen LogP contribution in [0.1, 0.15) is 32.3 Å². The van der Waals surface area contributed by atoms with Crippen LogP contribution in [-0.4, -0.2) is 37.2 Å². The number of nitrogens with zero attached hydrogens (tertiary/aromatic N) is 2. The van der Waals surface area contributed by atoms with Crippen LogP contribution in [0.4, 0.5) is 5.69 Å². The molecule has 0 atom stereocenters. The average Bonchev–Trinajstić information content (AvgIpc) is 2.63. The van der Waals surface area contributed by atoms with Crippen LogP contribution in [0.3, 0.4) is 0 Å². The van der Waals surface area contributed by atoms with Crippen molar-refractivity contribution in [1.29, 1.82) is 0 Å². The number of hydrogen-bond acceptors (Lipinski definition) is 4. The van der Waals surface area contributed by atoms with E-state index in [0.29, 0.717) is 5.92 Å². The predicted octanol–water partition coefficient (Wildman–Crippen LogP) is 3.14. The van der Waals surface area contributed by atoms with Crippen LogP contribution in [0, 0.1) is 5.92 Å². The molecule has 1 heterocycles. The van der Waals surface area contributed by atoms with Crippen molar-refractivity contribution in [2.45, 2.75) is 26.7 Å². The van der Waals surface area contributed by atoms with E-state index in [1.807, 2.05) is 18.2 Å². The van der Waals surface area contributed by atoms with Crippen LogP contribution >= 0.6 is 0 Å². The summed E-state index contributed by atoms with van der Waals surface area (Å²) in [6, 6.07) is 8.13. The Balaban J connectivity index is 2.06. The van der Waals surface area contributed by atoms with Crippen LogP contribution in [-0.2, 0) is 4.74 Å². The summed E-state index contributed by atoms with van der Waals surface area (Å²) in [5.41, 5.74) is 2.97. The molecule has 2 rings (SSSR count). The SMILES string of the molecule is CC(C)COCCN1CCC/C(=N/O)c2ccccc21. The highest BCUT2D eigenvalue weighted by molar-refractivity contribution is 6.05. The Morgan fingerprint density at radius 2 is 2.15 bits per heavy atom. The Hall–Kier alpha value is -1.55. The standard InChI is InChI=1S/C16H24N2O2/c1-13(2)12-20-11-10-18-9-5-7-15(17-19)14-6-3-4-8-16(14)18/h3-4,6,8,13,19H,5,7,9-12H2,1-2H3/b17-15-. The van der Waals surface area contributed by atoms with E-state index in [0.717, 1.165) is 56.1 Å². The van der Waals surface area contributed by atoms with Gasteiger partial charge in [-0.1, -0.05) is 37.2 Å². The first kappa shape index (κ1) is 14.9. The second-order valence-corrected chi connectivity index (χ2v) is 5.62. The predicted molar refractivity (Wildman–Crippen MR) is 81.9 cm³/mol. The maximum atomic E-state index is 9.17. The van der Waals surface area contributed by atoms with E-state index in [-0.39, 0.29) is 0 Å². The van der Waals surface area contributed by atoms with Gasteiger partial charge in [-0.25, -0.2) is 0 Å². The maximum absolute atomic E-state index is 9.17. The topological polar surface area (TPSA) is 45.1 Å². The number of anilines is 1. The minimum Gasteiger partial charge on any atom is -0.411 e. The van der Waals surface area contributed by atoms with Crippen molar-refractivity contribution in [3.8, 4) is 0 Å². The van der Waals surface area contributed by atoms with Crippen molar-refractivity contribution in [2.24, 2.45) is 11.1 Å². The summed E-state index contributed by atoms with van der Waals surface area (Å²) < 4.78 is 5.69. The molecule has 4 nitrogen and oxygen atoms in total. The largest absolute Gasteiger partial charge is 0.411 e. The summed E-state index contributed by atoms with van der Waals surface area (Å²) >= 11 is 0. The van der Waals surface area contributed by atoms with E-state index in [4.69, 9.17) is 9.94 Å². The monoisotopic (exact) mass is 276 g/mol. The quantitative estimate of drug-likeness (QED) is 0.510. The highest BCUT2D eigenvalue weighted by Crippen LogP contribution is 2.26. The summed E-state index contributed by atoms with van der Waals surface area (Å²) in [7, 11) is 0. The summed E-state index contributed by atoms with van der Waals surface area (Å²) in [6.07, 6.45) is 1.81. The first-order valence-electron chi connectivity index (χ1n) is 7.35. The molecular weight excluding hydrogens is 252 g/mol. The zero-order chi connectivity index (χ0) is 14.4. The number of para-hydroxylation sites is 1. The normalized spacial score (nSPS) is 17.4. The lowest BCUT2D eigenvalue weighted by atomic mass is 10.1. The van der Waals surface area contributed by atoms with Crippen molar-refractivity contribution < 1.29 is 9.94 Å². The number of oxime groups is 1. The molecule has 0 saturated carbocycles. The molecule has 1 N–H and O–H groups in total. The van der Waals surface area contributed by atoms with Gasteiger partial charge in [0.25, 0.3) is 0 Å². The van der Waals surface area contributed by atoms with Crippen molar-refractivity contribution in [3.63, 3.8) is 0 Å². The third-order valence-corrected chi connectivity index (χ3v) is 3.47. The number of benzene rings is 1. The van der Waals surface area contributed by atoms with Gasteiger partial charge in [0.15, 0.2) is 0 Å². The fourth-order valence-electron chi connectivity index (χ4n) is 2.52. The molecule has 0 radical (unpaired) electrons. The average molecular weight is 276 g/mol. The lowest BCUT2D eigenvalue weighted by molar-refractivity contribution is 0.115. The van der Waals surface area contributed by atoms with E-state index in [1.165, 1.54) is 0 Å². The smallest absolute Gasteiger partial charge is 0.0889 e. The van der Waals surface area contributed by atoms with Crippen molar-refractivity contribution in [1.82, 2.24) is 0 Å². The van der Waals surface area contributed by atoms with Crippen molar-refractivity contribution in [3.05, 3.63) is 29.8 Å². The highest BCUT2D eigenvalue weighted by Gasteiger charge is 2.19. The van der Waals surface area contributed by atoms with Gasteiger partial charge in [0.1, 0.15) is 0 Å². The summed E-state index contributed by atoms with van der Waals surface area (Å²) in [5, 5.41) is 12.6. The molecule has 0 saturated heterocycles. The molecule has 1 aliphatic heterocycles. The molecular formula is C16H24N2O2. The molecule has 0 spiro atoms. The number of fused-ring (bicyclic) bond motifs is 1. The summed E-state index contributed by atoms with van der Waals surface area (Å²) in [4.78, 5) is 2.33. The second-order valence-electron chi connectivity index (χ2n) is 5.62. The second kappa shape index (κ2) is 7.29. The Morgan fingerprint density at radius 3 is 2.90 bits per heavy atom. The van der Waals surface area contributed by atoms with Crippen molar-refractivity contribution in [2.75, 3.05) is 31.2 Å². The van der Waals surface area contributed by atoms with Gasteiger partial charge in [-0.3, -0.25) is 0 Å². The molecule has 1 aliphatic rings. The minimum atomic E-state index is 0.569. The van der Waals surface area contributed by atoms with Crippen LogP contribution in [0.2, 0.25) is 0 Å². The van der Waals surface area contributed by atoms with Gasteiger partial charge in [0, 0.05) is 30.9 Å². The fraction of sp³-hybridized carbons (Fsp3) is 0.562. The molecule has 0 fully saturated rings. The van der Waals surface area contributed by atoms with Crippen molar-refractivity contribution >= 4 is 11.4 Å². The molecule has 0 unspecified atom stereocenters. The first-order valence-corrected chi connectivity index (χ1v) is 7.35. The van der Waals surface area contributed by atoms with Gasteiger partial charge in [-0.15, -0.1) is 0 Å². The van der Waals surface area contributed by atoms with E-state index in [9.17, 15) is 0 Å². The lowest BCUT2D eigenvalue weighted by Gasteiger charge is -2.24. The van der Waals surface area contributed by atoms with E-state index in [1.54, 1.807) is 0 Å². The van der Waals surface area contributed by atoms with Gasteiger partial charge < -0.3 is 14.8 Å². The van der Waals surface area contributed by atoms with E-state index >= 15 is 0 Å². The lowest BCUT2D eigenvalue weighted by Crippen LogP contribution is -2.28. The fourth-order valence-corrected chi connectivity index (χ4v) is 2.52. The molecule has 1 aromatic rings. The molecule has 20 heavy (non-hydrogen) atoms. The zero-order valence-electron chi connectivity index (χ0n) is 12.4. The highest BCUT2D eigenvalue weighted by atomic mass is 16.5. The third-order valence-electron chi connectivity index (χ3n) is 3.47. The molecule has 0 aromatic heterocycles. The Morgan fingerprint density at radius 1 is 1.35 bits per heavy atom. The number of hydrogen-bond donors (Lipinski definition) is 1. The first-order chi connectivity index (χ1) is 9.72. The van der Waals surface area contributed by atoms with Crippen LogP contribution in [0.15, 0.2) is 29.4 Å². The van der Waals surface area contributed by atoms with E-state index in [2.05, 4.69) is 30.0 Å². The Labute approximate surface area is 121 Å². The number of ether oxygens (including phenoxy) is 1. The van der Waals surface area contributed by atoms with Crippen LogP contribution < -0.4 is 4.90 Å². The molecule has 1 aromatic carbocycles. The summed E-state index contributed by atoms with van der Waals surface area (Å²) in [5.74, 6) is 0.569. The van der Waals surface area contributed by atoms with E-state index < -0.39 is 0 Å². The molecule has 4 heteroatoms. The zero-order valence-corrected chi connectivity index (χ0v) is 12.4. The van der Waals surface area contributed by atoms with Crippen LogP contribution in [0.5, 0.6) is 0 Å². The summed E-state index contributed by atoms with van der Waals surface area (Å²) in [6.45, 7) is 7.71. The molecule has 0 amide bonds. The third kappa shape index (κ3) is 3.73. The van der Waals surface area contributed by atoms with Gasteiger partial charge in [-0.2, -0.15) is 0 Å². The number of rotatable bonds is 5. The molecule has 0 bridgehead atoms. The van der Waals surface area contributed by atoms with Gasteiger partial charge in [0.2, 0.25) is 0 Å². The maximum Gasteiger partial charge on any atom is 0.0889 e. The van der Waals surface area contributed by atoms with Crippen LogP contribution in [0.25, 0.3) is 0 Å². The van der Waals surface area contributed by atoms with Gasteiger partial charge in [-0.05, 0) is 24.8 Å². The van der Waals surface area contributed by atoms with Gasteiger partial charge >= 0.3 is 0 Å². The molecule has 0 aliphatic carbocycles.